The minimum atomic E-state index is -4.50. The van der Waals surface area contributed by atoms with Gasteiger partial charge in [-0.05, 0) is 25.1 Å². The summed E-state index contributed by atoms with van der Waals surface area (Å²) in [5.41, 5.74) is -1.13. The average Bonchev–Trinajstić information content (AvgIpc) is 2.66. The van der Waals surface area contributed by atoms with Crippen molar-refractivity contribution in [3.05, 3.63) is 35.4 Å². The Morgan fingerprint density at radius 1 is 1.16 bits per heavy atom. The van der Waals surface area contributed by atoms with E-state index in [0.29, 0.717) is 19.6 Å². The van der Waals surface area contributed by atoms with Crippen LogP contribution in [0, 0.1) is 0 Å². The molecule has 0 aliphatic carbocycles. The fourth-order valence-electron chi connectivity index (χ4n) is 2.14. The van der Waals surface area contributed by atoms with Crippen molar-refractivity contribution in [3.8, 4) is 0 Å². The second-order valence-electron chi connectivity index (χ2n) is 4.44. The fraction of sp³-hybridized carbons (Fsp3) is 0.462. The summed E-state index contributed by atoms with van der Waals surface area (Å²) >= 11 is 0. The molecule has 1 aliphatic heterocycles. The molecule has 0 aromatic heterocycles. The maximum absolute atomic E-state index is 12.9. The highest BCUT2D eigenvalue weighted by Crippen LogP contribution is 2.32. The van der Waals surface area contributed by atoms with Gasteiger partial charge in [0.2, 0.25) is 0 Å². The highest BCUT2D eigenvalue weighted by atomic mass is 19.4. The number of amides is 1. The van der Waals surface area contributed by atoms with Gasteiger partial charge in [0, 0.05) is 19.6 Å². The molecule has 0 atom stereocenters. The summed E-state index contributed by atoms with van der Waals surface area (Å²) in [5.74, 6) is -0.545. The second kappa shape index (κ2) is 5.61. The van der Waals surface area contributed by atoms with Crippen molar-refractivity contribution in [2.45, 2.75) is 12.6 Å². The van der Waals surface area contributed by atoms with Gasteiger partial charge in [-0.2, -0.15) is 13.2 Å². The SMILES string of the molecule is O=C(c1ccccc1C(F)(F)F)N1CCCNCC1. The lowest BCUT2D eigenvalue weighted by Crippen LogP contribution is -2.35. The van der Waals surface area contributed by atoms with Crippen LogP contribution in [0.2, 0.25) is 0 Å². The molecular formula is C13H15F3N2O. The lowest BCUT2D eigenvalue weighted by Gasteiger charge is -2.22. The van der Waals surface area contributed by atoms with Crippen LogP contribution in [0.3, 0.4) is 0 Å². The van der Waals surface area contributed by atoms with Gasteiger partial charge in [-0.25, -0.2) is 0 Å². The third-order valence-corrected chi connectivity index (χ3v) is 3.09. The summed E-state index contributed by atoms with van der Waals surface area (Å²) in [4.78, 5) is 13.7. The quantitative estimate of drug-likeness (QED) is 0.849. The molecule has 3 nitrogen and oxygen atoms in total. The molecule has 1 heterocycles. The first kappa shape index (κ1) is 13.9. The molecule has 1 saturated heterocycles. The van der Waals surface area contributed by atoms with Gasteiger partial charge in [-0.1, -0.05) is 12.1 Å². The number of rotatable bonds is 1. The Balaban J connectivity index is 2.28. The molecule has 0 bridgehead atoms. The molecule has 1 N–H and O–H groups in total. The van der Waals surface area contributed by atoms with Crippen molar-refractivity contribution >= 4 is 5.91 Å². The third kappa shape index (κ3) is 3.26. The van der Waals surface area contributed by atoms with Gasteiger partial charge in [0.1, 0.15) is 0 Å². The van der Waals surface area contributed by atoms with Gasteiger partial charge in [-0.3, -0.25) is 4.79 Å². The molecule has 0 spiro atoms. The molecule has 104 valence electrons. The second-order valence-corrected chi connectivity index (χ2v) is 4.44. The van der Waals surface area contributed by atoms with Gasteiger partial charge in [0.25, 0.3) is 5.91 Å². The Kier molecular flexibility index (Phi) is 4.09. The first-order valence-electron chi connectivity index (χ1n) is 6.16. The van der Waals surface area contributed by atoms with Crippen molar-refractivity contribution in [1.29, 1.82) is 0 Å². The predicted octanol–water partition coefficient (Wildman–Crippen LogP) is 2.14. The molecule has 6 heteroatoms. The van der Waals surface area contributed by atoms with Crippen molar-refractivity contribution in [2.24, 2.45) is 0 Å². The summed E-state index contributed by atoms with van der Waals surface area (Å²) in [6.07, 6.45) is -3.75. The number of alkyl halides is 3. The lowest BCUT2D eigenvalue weighted by molar-refractivity contribution is -0.138. The number of nitrogens with one attached hydrogen (secondary N) is 1. The smallest absolute Gasteiger partial charge is 0.337 e. The molecule has 19 heavy (non-hydrogen) atoms. The van der Waals surface area contributed by atoms with Crippen LogP contribution >= 0.6 is 0 Å². The normalized spacial score (nSPS) is 17.1. The summed E-state index contributed by atoms with van der Waals surface area (Å²) < 4.78 is 38.6. The third-order valence-electron chi connectivity index (χ3n) is 3.09. The predicted molar refractivity (Wildman–Crippen MR) is 64.8 cm³/mol. The maximum Gasteiger partial charge on any atom is 0.417 e. The summed E-state index contributed by atoms with van der Waals surface area (Å²) in [6, 6.07) is 4.94. The van der Waals surface area contributed by atoms with Gasteiger partial charge < -0.3 is 10.2 Å². The van der Waals surface area contributed by atoms with Crippen LogP contribution in [-0.2, 0) is 6.18 Å². The zero-order chi connectivity index (χ0) is 13.9. The Morgan fingerprint density at radius 3 is 2.63 bits per heavy atom. The average molecular weight is 272 g/mol. The molecule has 1 aromatic rings. The molecule has 2 rings (SSSR count). The van der Waals surface area contributed by atoms with Crippen LogP contribution in [0.25, 0.3) is 0 Å². The Hall–Kier alpha value is -1.56. The van der Waals surface area contributed by atoms with Crippen LogP contribution in [-0.4, -0.2) is 37.0 Å². The van der Waals surface area contributed by atoms with E-state index in [2.05, 4.69) is 5.32 Å². The molecule has 0 unspecified atom stereocenters. The van der Waals surface area contributed by atoms with Crippen molar-refractivity contribution in [1.82, 2.24) is 10.2 Å². The van der Waals surface area contributed by atoms with Crippen molar-refractivity contribution < 1.29 is 18.0 Å². The monoisotopic (exact) mass is 272 g/mol. The fourth-order valence-corrected chi connectivity index (χ4v) is 2.14. The number of carbonyl (C=O) groups is 1. The maximum atomic E-state index is 12.9. The van der Waals surface area contributed by atoms with Gasteiger partial charge in [0.05, 0.1) is 11.1 Å². The standard InChI is InChI=1S/C13H15F3N2O/c14-13(15,16)11-5-2-1-4-10(11)12(19)18-8-3-6-17-7-9-18/h1-2,4-5,17H,3,6-9H2. The van der Waals surface area contributed by atoms with E-state index >= 15 is 0 Å². The zero-order valence-electron chi connectivity index (χ0n) is 10.3. The van der Waals surface area contributed by atoms with E-state index < -0.39 is 17.6 Å². The van der Waals surface area contributed by atoms with Crippen molar-refractivity contribution in [3.63, 3.8) is 0 Å². The summed E-state index contributed by atoms with van der Waals surface area (Å²) in [7, 11) is 0. The van der Waals surface area contributed by atoms with E-state index in [1.54, 1.807) is 0 Å². The minimum absolute atomic E-state index is 0.267. The lowest BCUT2D eigenvalue weighted by atomic mass is 10.1. The Bertz CT molecular complexity index is 451. The largest absolute Gasteiger partial charge is 0.417 e. The highest BCUT2D eigenvalue weighted by Gasteiger charge is 2.35. The van der Waals surface area contributed by atoms with E-state index in [1.165, 1.54) is 23.1 Å². The first-order valence-corrected chi connectivity index (χ1v) is 6.16. The summed E-state index contributed by atoms with van der Waals surface area (Å²) in [6.45, 7) is 2.31. The molecule has 0 saturated carbocycles. The zero-order valence-corrected chi connectivity index (χ0v) is 10.3. The first-order chi connectivity index (χ1) is 9.00. The molecule has 1 fully saturated rings. The van der Waals surface area contributed by atoms with E-state index in [9.17, 15) is 18.0 Å². The van der Waals surface area contributed by atoms with Crippen molar-refractivity contribution in [2.75, 3.05) is 26.2 Å². The van der Waals surface area contributed by atoms with Crippen LogP contribution in [0.4, 0.5) is 13.2 Å². The van der Waals surface area contributed by atoms with Crippen LogP contribution < -0.4 is 5.32 Å². The van der Waals surface area contributed by atoms with Crippen LogP contribution in [0.5, 0.6) is 0 Å². The minimum Gasteiger partial charge on any atom is -0.337 e. The number of hydrogen-bond acceptors (Lipinski definition) is 2. The van der Waals surface area contributed by atoms with Crippen LogP contribution in [0.15, 0.2) is 24.3 Å². The molecule has 1 amide bonds. The van der Waals surface area contributed by atoms with E-state index in [4.69, 9.17) is 0 Å². The molecular weight excluding hydrogens is 257 g/mol. The Labute approximate surface area is 109 Å². The number of nitrogens with zero attached hydrogens (tertiary/aromatic N) is 1. The summed E-state index contributed by atoms with van der Waals surface area (Å²) in [5, 5.41) is 3.11. The molecule has 0 radical (unpaired) electrons. The van der Waals surface area contributed by atoms with E-state index in [-0.39, 0.29) is 5.56 Å². The number of halogens is 3. The van der Waals surface area contributed by atoms with Gasteiger partial charge in [-0.15, -0.1) is 0 Å². The van der Waals surface area contributed by atoms with E-state index in [1.807, 2.05) is 0 Å². The highest BCUT2D eigenvalue weighted by molar-refractivity contribution is 5.96. The topological polar surface area (TPSA) is 32.3 Å². The number of carbonyl (C=O) groups excluding carboxylic acids is 1. The van der Waals surface area contributed by atoms with Gasteiger partial charge >= 0.3 is 6.18 Å². The molecule has 1 aliphatic rings. The van der Waals surface area contributed by atoms with E-state index in [0.717, 1.165) is 19.0 Å². The Morgan fingerprint density at radius 2 is 1.89 bits per heavy atom. The van der Waals surface area contributed by atoms with Gasteiger partial charge in [0.15, 0.2) is 0 Å². The number of benzene rings is 1. The van der Waals surface area contributed by atoms with Crippen LogP contribution in [0.1, 0.15) is 22.3 Å². The molecule has 1 aromatic carbocycles. The number of hydrogen-bond donors (Lipinski definition) is 1.